The first-order valence-corrected chi connectivity index (χ1v) is 6.39. The molecule has 0 bridgehead atoms. The number of hydrogen-bond acceptors (Lipinski definition) is 3. The van der Waals surface area contributed by atoms with Crippen molar-refractivity contribution in [1.82, 2.24) is 10.6 Å². The third-order valence-corrected chi connectivity index (χ3v) is 2.15. The maximum absolute atomic E-state index is 11.6. The second kappa shape index (κ2) is 7.24. The summed E-state index contributed by atoms with van der Waals surface area (Å²) in [5.41, 5.74) is -0.558. The van der Waals surface area contributed by atoms with Crippen molar-refractivity contribution in [2.45, 2.75) is 59.6 Å². The minimum absolute atomic E-state index is 0.193. The van der Waals surface area contributed by atoms with Crippen molar-refractivity contribution >= 4 is 12.0 Å². The molecule has 0 saturated carbocycles. The monoisotopic (exact) mass is 258 g/mol. The first-order chi connectivity index (χ1) is 8.11. The van der Waals surface area contributed by atoms with Crippen molar-refractivity contribution in [3.05, 3.63) is 0 Å². The molecule has 0 aromatic carbocycles. The molecule has 0 spiro atoms. The average Bonchev–Trinajstić information content (AvgIpc) is 2.13. The summed E-state index contributed by atoms with van der Waals surface area (Å²) in [6.45, 7) is 11.8. The highest BCUT2D eigenvalue weighted by Crippen LogP contribution is 2.06. The van der Waals surface area contributed by atoms with Crippen molar-refractivity contribution in [1.29, 1.82) is 0 Å². The predicted octanol–water partition coefficient (Wildman–Crippen LogP) is 2.06. The number of hydrogen-bond donors (Lipinski definition) is 2. The minimum Gasteiger partial charge on any atom is -0.444 e. The molecule has 0 aliphatic carbocycles. The Bertz CT molecular complexity index is 282. The Labute approximate surface area is 110 Å². The average molecular weight is 258 g/mol. The van der Waals surface area contributed by atoms with Crippen molar-refractivity contribution in [2.24, 2.45) is 5.92 Å². The fourth-order valence-electron chi connectivity index (χ4n) is 1.19. The molecule has 0 aliphatic heterocycles. The highest BCUT2D eigenvalue weighted by molar-refractivity contribution is 5.85. The van der Waals surface area contributed by atoms with E-state index in [1.165, 1.54) is 0 Å². The van der Waals surface area contributed by atoms with Gasteiger partial charge in [-0.2, -0.15) is 0 Å². The maximum atomic E-state index is 11.6. The van der Waals surface area contributed by atoms with Gasteiger partial charge >= 0.3 is 6.09 Å². The Morgan fingerprint density at radius 3 is 2.17 bits per heavy atom. The highest BCUT2D eigenvalue weighted by atomic mass is 16.6. The molecule has 5 heteroatoms. The van der Waals surface area contributed by atoms with Gasteiger partial charge in [0.1, 0.15) is 11.6 Å². The van der Waals surface area contributed by atoms with Gasteiger partial charge in [-0.05, 0) is 40.0 Å². The van der Waals surface area contributed by atoms with E-state index in [0.717, 1.165) is 6.42 Å². The molecule has 2 N–H and O–H groups in total. The van der Waals surface area contributed by atoms with E-state index in [-0.39, 0.29) is 5.91 Å². The molecule has 0 fully saturated rings. The zero-order valence-electron chi connectivity index (χ0n) is 12.3. The van der Waals surface area contributed by atoms with E-state index in [1.54, 1.807) is 27.7 Å². The topological polar surface area (TPSA) is 67.4 Å². The van der Waals surface area contributed by atoms with E-state index in [9.17, 15) is 9.59 Å². The van der Waals surface area contributed by atoms with Crippen LogP contribution in [-0.4, -0.2) is 30.2 Å². The molecule has 2 amide bonds. The first kappa shape index (κ1) is 16.7. The summed E-state index contributed by atoms with van der Waals surface area (Å²) < 4.78 is 5.07. The normalized spacial score (nSPS) is 13.1. The summed E-state index contributed by atoms with van der Waals surface area (Å²) in [7, 11) is 0. The van der Waals surface area contributed by atoms with Crippen molar-refractivity contribution in [3.63, 3.8) is 0 Å². The van der Waals surface area contributed by atoms with E-state index in [4.69, 9.17) is 4.74 Å². The number of rotatable bonds is 5. The fraction of sp³-hybridized carbons (Fsp3) is 0.846. The number of alkyl carbamates (subject to hydrolysis) is 1. The van der Waals surface area contributed by atoms with Crippen LogP contribution in [0.1, 0.15) is 48.0 Å². The van der Waals surface area contributed by atoms with Crippen LogP contribution in [0.5, 0.6) is 0 Å². The van der Waals surface area contributed by atoms with Crippen LogP contribution < -0.4 is 10.6 Å². The third kappa shape index (κ3) is 8.84. The standard InChI is InChI=1S/C13H26N2O3/c1-9(2)7-8-14-11(16)10(3)15-12(17)18-13(4,5)6/h9-10H,7-8H2,1-6H3,(H,14,16)(H,15,17)/t10-/m0/s1. The first-order valence-electron chi connectivity index (χ1n) is 6.39. The van der Waals surface area contributed by atoms with Gasteiger partial charge in [0, 0.05) is 6.54 Å². The fourth-order valence-corrected chi connectivity index (χ4v) is 1.19. The number of nitrogens with one attached hydrogen (secondary N) is 2. The quantitative estimate of drug-likeness (QED) is 0.793. The molecule has 18 heavy (non-hydrogen) atoms. The van der Waals surface area contributed by atoms with Crippen LogP contribution in [0.15, 0.2) is 0 Å². The summed E-state index contributed by atoms with van der Waals surface area (Å²) in [6, 6.07) is -0.591. The molecule has 1 atom stereocenters. The van der Waals surface area contributed by atoms with E-state index in [0.29, 0.717) is 12.5 Å². The molecule has 0 saturated heterocycles. The summed E-state index contributed by atoms with van der Waals surface area (Å²) >= 11 is 0. The molecule has 0 aliphatic rings. The van der Waals surface area contributed by atoms with Gasteiger partial charge in [0.05, 0.1) is 0 Å². The minimum atomic E-state index is -0.591. The molecule has 0 radical (unpaired) electrons. The van der Waals surface area contributed by atoms with Crippen LogP contribution in [0.3, 0.4) is 0 Å². The predicted molar refractivity (Wildman–Crippen MR) is 71.3 cm³/mol. The van der Waals surface area contributed by atoms with Crippen molar-refractivity contribution in [3.8, 4) is 0 Å². The van der Waals surface area contributed by atoms with Crippen molar-refractivity contribution in [2.75, 3.05) is 6.54 Å². The smallest absolute Gasteiger partial charge is 0.408 e. The van der Waals surface area contributed by atoms with Gasteiger partial charge in [0.25, 0.3) is 0 Å². The van der Waals surface area contributed by atoms with Gasteiger partial charge in [-0.15, -0.1) is 0 Å². The maximum Gasteiger partial charge on any atom is 0.408 e. The number of carbonyl (C=O) groups excluding carboxylic acids is 2. The van der Waals surface area contributed by atoms with Crippen LogP contribution in [0, 0.1) is 5.92 Å². The lowest BCUT2D eigenvalue weighted by Crippen LogP contribution is -2.46. The zero-order chi connectivity index (χ0) is 14.3. The van der Waals surface area contributed by atoms with E-state index >= 15 is 0 Å². The van der Waals surface area contributed by atoms with Gasteiger partial charge in [-0.3, -0.25) is 4.79 Å². The lowest BCUT2D eigenvalue weighted by Gasteiger charge is -2.21. The van der Waals surface area contributed by atoms with Crippen LogP contribution in [-0.2, 0) is 9.53 Å². The van der Waals surface area contributed by atoms with Crippen molar-refractivity contribution < 1.29 is 14.3 Å². The lowest BCUT2D eigenvalue weighted by atomic mass is 10.1. The highest BCUT2D eigenvalue weighted by Gasteiger charge is 2.20. The van der Waals surface area contributed by atoms with Crippen LogP contribution in [0.4, 0.5) is 4.79 Å². The van der Waals surface area contributed by atoms with E-state index < -0.39 is 17.7 Å². The molecule has 0 unspecified atom stereocenters. The number of ether oxygens (including phenoxy) is 1. The second-order valence-corrected chi connectivity index (χ2v) is 5.84. The third-order valence-electron chi connectivity index (χ3n) is 2.15. The summed E-state index contributed by atoms with van der Waals surface area (Å²) in [5.74, 6) is 0.348. The molecule has 0 aromatic rings. The van der Waals surface area contributed by atoms with Gasteiger partial charge < -0.3 is 15.4 Å². The molecular formula is C13H26N2O3. The Balaban J connectivity index is 3.97. The van der Waals surface area contributed by atoms with Gasteiger partial charge in [0.2, 0.25) is 5.91 Å². The molecule has 0 rings (SSSR count). The summed E-state index contributed by atoms with van der Waals surface area (Å²) in [5, 5.41) is 5.27. The SMILES string of the molecule is CC(C)CCNC(=O)[C@H](C)NC(=O)OC(C)(C)C. The zero-order valence-corrected chi connectivity index (χ0v) is 12.3. The molecule has 0 heterocycles. The van der Waals surface area contributed by atoms with Crippen LogP contribution in [0.2, 0.25) is 0 Å². The van der Waals surface area contributed by atoms with E-state index in [2.05, 4.69) is 24.5 Å². The lowest BCUT2D eigenvalue weighted by molar-refractivity contribution is -0.122. The summed E-state index contributed by atoms with van der Waals surface area (Å²) in [4.78, 5) is 23.1. The largest absolute Gasteiger partial charge is 0.444 e. The van der Waals surface area contributed by atoms with Gasteiger partial charge in [-0.1, -0.05) is 13.8 Å². The Morgan fingerprint density at radius 2 is 1.72 bits per heavy atom. The molecule has 0 aromatic heterocycles. The van der Waals surface area contributed by atoms with Gasteiger partial charge in [0.15, 0.2) is 0 Å². The molecule has 5 nitrogen and oxygen atoms in total. The Morgan fingerprint density at radius 1 is 1.17 bits per heavy atom. The van der Waals surface area contributed by atoms with E-state index in [1.807, 2.05) is 0 Å². The summed E-state index contributed by atoms with van der Waals surface area (Å²) in [6.07, 6.45) is 0.347. The van der Waals surface area contributed by atoms with Crippen LogP contribution in [0.25, 0.3) is 0 Å². The Hall–Kier alpha value is -1.26. The number of amides is 2. The van der Waals surface area contributed by atoms with Gasteiger partial charge in [-0.25, -0.2) is 4.79 Å². The van der Waals surface area contributed by atoms with Crippen LogP contribution >= 0.6 is 0 Å². The number of carbonyl (C=O) groups is 2. The Kier molecular flexibility index (Phi) is 6.73. The molecular weight excluding hydrogens is 232 g/mol. The second-order valence-electron chi connectivity index (χ2n) is 5.84. The molecule has 106 valence electrons.